The Bertz CT molecular complexity index is 488. The molecule has 0 saturated carbocycles. The van der Waals surface area contributed by atoms with E-state index in [4.69, 9.17) is 9.84 Å². The first kappa shape index (κ1) is 13.7. The number of rotatable bonds is 4. The first-order chi connectivity index (χ1) is 8.87. The number of ether oxygens (including phenoxy) is 1. The molecule has 0 aliphatic carbocycles. The highest BCUT2D eigenvalue weighted by molar-refractivity contribution is 5.75. The lowest BCUT2D eigenvalue weighted by molar-refractivity contribution is -0.143. The van der Waals surface area contributed by atoms with Gasteiger partial charge in [0.15, 0.2) is 0 Å². The van der Waals surface area contributed by atoms with Crippen molar-refractivity contribution in [1.82, 2.24) is 5.32 Å². The number of nitrogens with one attached hydrogen (secondary N) is 1. The lowest BCUT2D eigenvalue weighted by Crippen LogP contribution is -2.36. The van der Waals surface area contributed by atoms with Crippen molar-refractivity contribution in [3.05, 3.63) is 29.3 Å². The second-order valence-corrected chi connectivity index (χ2v) is 4.23. The molecule has 19 heavy (non-hydrogen) atoms. The molecule has 1 aliphatic heterocycles. The molecule has 4 nitrogen and oxygen atoms in total. The highest BCUT2D eigenvalue weighted by Crippen LogP contribution is 2.28. The fourth-order valence-corrected chi connectivity index (χ4v) is 1.95. The Morgan fingerprint density at radius 3 is 2.84 bits per heavy atom. The van der Waals surface area contributed by atoms with Gasteiger partial charge in [-0.3, -0.25) is 10.1 Å². The minimum atomic E-state index is -4.45. The van der Waals surface area contributed by atoms with Crippen LogP contribution in [0, 0.1) is 0 Å². The Morgan fingerprint density at radius 2 is 2.21 bits per heavy atom. The van der Waals surface area contributed by atoms with Crippen LogP contribution in [0.2, 0.25) is 0 Å². The molecule has 1 atom stereocenters. The van der Waals surface area contributed by atoms with Gasteiger partial charge < -0.3 is 9.84 Å². The van der Waals surface area contributed by atoms with E-state index in [-0.39, 0.29) is 0 Å². The molecule has 0 saturated heterocycles. The molecule has 0 radical (unpaired) electrons. The lowest BCUT2D eigenvalue weighted by Gasteiger charge is -2.16. The van der Waals surface area contributed by atoms with Crippen molar-refractivity contribution >= 4 is 5.97 Å². The van der Waals surface area contributed by atoms with Crippen LogP contribution < -0.4 is 10.1 Å². The Morgan fingerprint density at radius 1 is 1.47 bits per heavy atom. The van der Waals surface area contributed by atoms with Crippen LogP contribution in [0.15, 0.2) is 18.2 Å². The van der Waals surface area contributed by atoms with Gasteiger partial charge in [-0.2, -0.15) is 13.2 Å². The summed E-state index contributed by atoms with van der Waals surface area (Å²) in [5.41, 5.74) is 1.11. The van der Waals surface area contributed by atoms with Crippen molar-refractivity contribution in [3.8, 4) is 5.75 Å². The molecular formula is C12H12F3NO3. The number of carboxylic acid groups (broad SMARTS) is 1. The quantitative estimate of drug-likeness (QED) is 0.881. The van der Waals surface area contributed by atoms with E-state index in [1.165, 1.54) is 6.07 Å². The summed E-state index contributed by atoms with van der Waals surface area (Å²) >= 11 is 0. The van der Waals surface area contributed by atoms with Gasteiger partial charge in [0.1, 0.15) is 11.8 Å². The minimum Gasteiger partial charge on any atom is -0.493 e. The average Bonchev–Trinajstić information content (AvgIpc) is 2.74. The molecule has 0 fully saturated rings. The first-order valence-electron chi connectivity index (χ1n) is 5.65. The summed E-state index contributed by atoms with van der Waals surface area (Å²) in [4.78, 5) is 11.1. The van der Waals surface area contributed by atoms with Crippen molar-refractivity contribution in [2.45, 2.75) is 18.6 Å². The minimum absolute atomic E-state index is 0.293. The highest BCUT2D eigenvalue weighted by Gasteiger charge is 2.31. The molecule has 7 heteroatoms. The maximum atomic E-state index is 12.1. The van der Waals surface area contributed by atoms with Gasteiger partial charge in [0.05, 0.1) is 13.2 Å². The molecule has 2 rings (SSSR count). The third-order valence-corrected chi connectivity index (χ3v) is 2.80. The Kier molecular flexibility index (Phi) is 3.66. The zero-order valence-corrected chi connectivity index (χ0v) is 9.83. The molecule has 0 bridgehead atoms. The number of halogens is 3. The standard InChI is InChI=1S/C12H12F3NO3/c13-12(14,15)6-16-10(11(17)18)8-1-2-9-7(5-8)3-4-19-9/h1-2,5,10,16H,3-4,6H2,(H,17,18). The summed E-state index contributed by atoms with van der Waals surface area (Å²) in [7, 11) is 0. The molecule has 0 aromatic heterocycles. The Hall–Kier alpha value is -1.76. The third kappa shape index (κ3) is 3.37. The van der Waals surface area contributed by atoms with Crippen molar-refractivity contribution in [2.75, 3.05) is 13.2 Å². The van der Waals surface area contributed by atoms with E-state index < -0.39 is 24.7 Å². The van der Waals surface area contributed by atoms with Crippen LogP contribution in [0.1, 0.15) is 17.2 Å². The molecule has 0 amide bonds. The van der Waals surface area contributed by atoms with Gasteiger partial charge >= 0.3 is 12.1 Å². The summed E-state index contributed by atoms with van der Waals surface area (Å²) in [6, 6.07) is 3.24. The molecule has 1 aromatic rings. The van der Waals surface area contributed by atoms with Crippen LogP contribution in [0.3, 0.4) is 0 Å². The number of aliphatic carboxylic acids is 1. The van der Waals surface area contributed by atoms with Crippen LogP contribution in [-0.4, -0.2) is 30.4 Å². The number of carboxylic acids is 1. The van der Waals surface area contributed by atoms with Gasteiger partial charge in [0, 0.05) is 6.42 Å². The predicted octanol–water partition coefficient (Wildman–Crippen LogP) is 1.90. The number of hydrogen-bond acceptors (Lipinski definition) is 3. The van der Waals surface area contributed by atoms with Gasteiger partial charge in [-0.15, -0.1) is 0 Å². The number of carbonyl (C=O) groups is 1. The van der Waals surface area contributed by atoms with Gasteiger partial charge in [-0.1, -0.05) is 6.07 Å². The molecule has 1 heterocycles. The molecule has 1 aliphatic rings. The van der Waals surface area contributed by atoms with Crippen LogP contribution in [-0.2, 0) is 11.2 Å². The number of alkyl halides is 3. The van der Waals surface area contributed by atoms with E-state index in [0.29, 0.717) is 24.3 Å². The van der Waals surface area contributed by atoms with Gasteiger partial charge in [-0.25, -0.2) is 0 Å². The Labute approximate surface area is 107 Å². The highest BCUT2D eigenvalue weighted by atomic mass is 19.4. The fourth-order valence-electron chi connectivity index (χ4n) is 1.95. The summed E-state index contributed by atoms with van der Waals surface area (Å²) in [5.74, 6) is -0.688. The van der Waals surface area contributed by atoms with E-state index in [0.717, 1.165) is 5.56 Å². The normalized spacial score (nSPS) is 15.7. The van der Waals surface area contributed by atoms with Crippen molar-refractivity contribution in [3.63, 3.8) is 0 Å². The zero-order chi connectivity index (χ0) is 14.0. The second kappa shape index (κ2) is 5.08. The maximum absolute atomic E-state index is 12.1. The van der Waals surface area contributed by atoms with Crippen molar-refractivity contribution in [1.29, 1.82) is 0 Å². The first-order valence-corrected chi connectivity index (χ1v) is 5.65. The van der Waals surface area contributed by atoms with E-state index in [2.05, 4.69) is 0 Å². The summed E-state index contributed by atoms with van der Waals surface area (Å²) < 4.78 is 41.7. The number of hydrogen-bond donors (Lipinski definition) is 2. The van der Waals surface area contributed by atoms with Crippen LogP contribution >= 0.6 is 0 Å². The maximum Gasteiger partial charge on any atom is 0.401 e. The smallest absolute Gasteiger partial charge is 0.401 e. The second-order valence-electron chi connectivity index (χ2n) is 4.23. The van der Waals surface area contributed by atoms with Crippen LogP contribution in [0.4, 0.5) is 13.2 Å². The van der Waals surface area contributed by atoms with Crippen molar-refractivity contribution < 1.29 is 27.8 Å². The van der Waals surface area contributed by atoms with E-state index in [1.54, 1.807) is 12.1 Å². The molecule has 2 N–H and O–H groups in total. The van der Waals surface area contributed by atoms with Gasteiger partial charge in [0.25, 0.3) is 0 Å². The molecule has 104 valence electrons. The summed E-state index contributed by atoms with van der Waals surface area (Å²) in [5, 5.41) is 11.0. The van der Waals surface area contributed by atoms with E-state index in [1.807, 2.05) is 5.32 Å². The lowest BCUT2D eigenvalue weighted by atomic mass is 10.0. The van der Waals surface area contributed by atoms with E-state index >= 15 is 0 Å². The zero-order valence-electron chi connectivity index (χ0n) is 9.83. The van der Waals surface area contributed by atoms with E-state index in [9.17, 15) is 18.0 Å². The summed E-state index contributed by atoms with van der Waals surface area (Å²) in [6.07, 6.45) is -3.82. The summed E-state index contributed by atoms with van der Waals surface area (Å²) in [6.45, 7) is -0.843. The SMILES string of the molecule is O=C(O)C(NCC(F)(F)F)c1ccc2c(c1)CCO2. The predicted molar refractivity (Wildman–Crippen MR) is 60.1 cm³/mol. The number of fused-ring (bicyclic) bond motifs is 1. The monoisotopic (exact) mass is 275 g/mol. The van der Waals surface area contributed by atoms with Crippen LogP contribution in [0.5, 0.6) is 5.75 Å². The Balaban J connectivity index is 2.17. The topological polar surface area (TPSA) is 58.6 Å². The molecule has 1 unspecified atom stereocenters. The molecule has 1 aromatic carbocycles. The largest absolute Gasteiger partial charge is 0.493 e. The molecule has 0 spiro atoms. The van der Waals surface area contributed by atoms with Gasteiger partial charge in [0.2, 0.25) is 0 Å². The third-order valence-electron chi connectivity index (χ3n) is 2.80. The van der Waals surface area contributed by atoms with Gasteiger partial charge in [-0.05, 0) is 23.3 Å². The van der Waals surface area contributed by atoms with Crippen LogP contribution in [0.25, 0.3) is 0 Å². The fraction of sp³-hybridized carbons (Fsp3) is 0.417. The van der Waals surface area contributed by atoms with Crippen molar-refractivity contribution in [2.24, 2.45) is 0 Å². The molecular weight excluding hydrogens is 263 g/mol. The number of benzene rings is 1. The average molecular weight is 275 g/mol.